The number of nitrogens with one attached hydrogen (secondary N) is 3. The zero-order valence-electron chi connectivity index (χ0n) is 14.6. The zero-order chi connectivity index (χ0) is 19.1. The molecule has 0 radical (unpaired) electrons. The molecule has 0 unspecified atom stereocenters. The summed E-state index contributed by atoms with van der Waals surface area (Å²) in [6.45, 7) is 1.20. The van der Waals surface area contributed by atoms with Crippen molar-refractivity contribution in [3.05, 3.63) is 54.6 Å². The van der Waals surface area contributed by atoms with Crippen LogP contribution >= 0.6 is 0 Å². The summed E-state index contributed by atoms with van der Waals surface area (Å²) < 4.78 is 4.81. The molecule has 140 valence electrons. The molecule has 0 atom stereocenters. The van der Waals surface area contributed by atoms with Crippen LogP contribution in [0.1, 0.15) is 6.42 Å². The van der Waals surface area contributed by atoms with Crippen molar-refractivity contribution in [2.24, 2.45) is 0 Å². The average molecular weight is 368 g/mol. The molecule has 0 bridgehead atoms. The van der Waals surface area contributed by atoms with E-state index in [0.29, 0.717) is 36.8 Å². The van der Waals surface area contributed by atoms with E-state index in [1.165, 1.54) is 4.90 Å². The van der Waals surface area contributed by atoms with Gasteiger partial charge in [-0.05, 0) is 36.4 Å². The molecule has 8 nitrogen and oxygen atoms in total. The van der Waals surface area contributed by atoms with E-state index in [4.69, 9.17) is 4.74 Å². The molecule has 3 rings (SSSR count). The lowest BCUT2D eigenvalue weighted by Crippen LogP contribution is -2.28. The van der Waals surface area contributed by atoms with Crippen molar-refractivity contribution in [2.45, 2.75) is 6.42 Å². The summed E-state index contributed by atoms with van der Waals surface area (Å²) in [5, 5.41) is 8.19. The quantitative estimate of drug-likeness (QED) is 0.729. The lowest BCUT2D eigenvalue weighted by molar-refractivity contribution is -0.116. The lowest BCUT2D eigenvalue weighted by Gasteiger charge is -2.12. The van der Waals surface area contributed by atoms with Gasteiger partial charge in [0.15, 0.2) is 0 Å². The van der Waals surface area contributed by atoms with E-state index >= 15 is 0 Å². The van der Waals surface area contributed by atoms with Crippen molar-refractivity contribution in [3.63, 3.8) is 0 Å². The number of carbonyl (C=O) groups excluding carboxylic acids is 3. The highest BCUT2D eigenvalue weighted by molar-refractivity contribution is 6.00. The minimum atomic E-state index is -0.382. The Kier molecular flexibility index (Phi) is 5.88. The van der Waals surface area contributed by atoms with Gasteiger partial charge in [0.05, 0.1) is 6.54 Å². The van der Waals surface area contributed by atoms with Crippen molar-refractivity contribution in [1.82, 2.24) is 4.90 Å². The van der Waals surface area contributed by atoms with Crippen LogP contribution < -0.4 is 16.0 Å². The molecule has 1 saturated heterocycles. The topological polar surface area (TPSA) is 99.8 Å². The van der Waals surface area contributed by atoms with Crippen LogP contribution in [-0.4, -0.2) is 42.6 Å². The Morgan fingerprint density at radius 3 is 2.07 bits per heavy atom. The number of urea groups is 1. The molecule has 3 N–H and O–H groups in total. The molecule has 1 fully saturated rings. The molecule has 8 heteroatoms. The third kappa shape index (κ3) is 5.46. The molecule has 0 aliphatic carbocycles. The first-order valence-corrected chi connectivity index (χ1v) is 8.55. The number of carbonyl (C=O) groups is 3. The summed E-state index contributed by atoms with van der Waals surface area (Å²) in [4.78, 5) is 36.7. The Labute approximate surface area is 156 Å². The lowest BCUT2D eigenvalue weighted by atomic mass is 10.2. The first kappa shape index (κ1) is 18.2. The Bertz CT molecular complexity index is 808. The number of rotatable bonds is 6. The van der Waals surface area contributed by atoms with Gasteiger partial charge in [0.25, 0.3) is 0 Å². The third-order valence-corrected chi connectivity index (χ3v) is 3.91. The second kappa shape index (κ2) is 8.70. The van der Waals surface area contributed by atoms with Crippen molar-refractivity contribution in [1.29, 1.82) is 0 Å². The fraction of sp³-hybridized carbons (Fsp3) is 0.211. The number of hydrogen-bond acceptors (Lipinski definition) is 4. The van der Waals surface area contributed by atoms with Gasteiger partial charge in [0, 0.05) is 30.0 Å². The molecule has 2 aromatic rings. The van der Waals surface area contributed by atoms with Crippen LogP contribution in [0.25, 0.3) is 0 Å². The summed E-state index contributed by atoms with van der Waals surface area (Å²) in [6.07, 6.45) is -0.193. The van der Waals surface area contributed by atoms with Gasteiger partial charge in [0.1, 0.15) is 6.61 Å². The van der Waals surface area contributed by atoms with Crippen LogP contribution in [0.15, 0.2) is 54.6 Å². The smallest absolute Gasteiger partial charge is 0.409 e. The van der Waals surface area contributed by atoms with Crippen LogP contribution in [0.3, 0.4) is 0 Å². The van der Waals surface area contributed by atoms with Gasteiger partial charge in [0.2, 0.25) is 5.91 Å². The number of ether oxygens (including phenoxy) is 1. The molecule has 1 aliphatic rings. The first-order valence-electron chi connectivity index (χ1n) is 8.55. The summed E-state index contributed by atoms with van der Waals surface area (Å²) in [5.74, 6) is -0.197. The standard InChI is InChI=1S/C19H20N4O4/c24-17(10-11-23-12-13-27-19(23)26)20-15-6-8-16(9-7-15)22-18(25)21-14-4-2-1-3-5-14/h1-9H,10-13H2,(H,20,24)(H2,21,22,25). The maximum absolute atomic E-state index is 12.0. The number of hydrogen-bond donors (Lipinski definition) is 3. The summed E-state index contributed by atoms with van der Waals surface area (Å²) >= 11 is 0. The van der Waals surface area contributed by atoms with Gasteiger partial charge in [-0.15, -0.1) is 0 Å². The molecule has 1 aliphatic heterocycles. The molecule has 0 saturated carbocycles. The van der Waals surface area contributed by atoms with Gasteiger partial charge in [-0.2, -0.15) is 0 Å². The average Bonchev–Trinajstić information content (AvgIpc) is 3.07. The van der Waals surface area contributed by atoms with E-state index in [-0.39, 0.29) is 24.5 Å². The van der Waals surface area contributed by atoms with Gasteiger partial charge >= 0.3 is 12.1 Å². The number of nitrogens with zero attached hydrogens (tertiary/aromatic N) is 1. The molecular formula is C19H20N4O4. The van der Waals surface area contributed by atoms with Crippen molar-refractivity contribution >= 4 is 35.1 Å². The Hall–Kier alpha value is -3.55. The van der Waals surface area contributed by atoms with Gasteiger partial charge < -0.3 is 25.6 Å². The summed E-state index contributed by atoms with van der Waals surface area (Å²) in [6, 6.07) is 15.5. The van der Waals surface area contributed by atoms with E-state index in [1.807, 2.05) is 18.2 Å². The van der Waals surface area contributed by atoms with E-state index in [0.717, 1.165) is 0 Å². The van der Waals surface area contributed by atoms with E-state index in [9.17, 15) is 14.4 Å². The largest absolute Gasteiger partial charge is 0.448 e. The fourth-order valence-electron chi connectivity index (χ4n) is 2.54. The predicted molar refractivity (Wildman–Crippen MR) is 102 cm³/mol. The first-order chi connectivity index (χ1) is 13.1. The van der Waals surface area contributed by atoms with E-state index in [1.54, 1.807) is 36.4 Å². The highest BCUT2D eigenvalue weighted by atomic mass is 16.6. The zero-order valence-corrected chi connectivity index (χ0v) is 14.6. The molecule has 2 aromatic carbocycles. The fourth-order valence-corrected chi connectivity index (χ4v) is 2.54. The van der Waals surface area contributed by atoms with Gasteiger partial charge in [-0.3, -0.25) is 4.79 Å². The Morgan fingerprint density at radius 1 is 0.889 bits per heavy atom. The molecule has 27 heavy (non-hydrogen) atoms. The minimum absolute atomic E-state index is 0.189. The van der Waals surface area contributed by atoms with E-state index in [2.05, 4.69) is 16.0 Å². The van der Waals surface area contributed by atoms with Gasteiger partial charge in [-0.1, -0.05) is 18.2 Å². The Balaban J connectivity index is 1.44. The third-order valence-electron chi connectivity index (χ3n) is 3.91. The minimum Gasteiger partial charge on any atom is -0.448 e. The van der Waals surface area contributed by atoms with Crippen LogP contribution in [0.2, 0.25) is 0 Å². The van der Waals surface area contributed by atoms with Crippen LogP contribution in [0, 0.1) is 0 Å². The molecule has 4 amide bonds. The predicted octanol–water partition coefficient (Wildman–Crippen LogP) is 3.11. The maximum Gasteiger partial charge on any atom is 0.409 e. The number of anilines is 3. The van der Waals surface area contributed by atoms with Crippen LogP contribution in [0.4, 0.5) is 26.7 Å². The Morgan fingerprint density at radius 2 is 1.48 bits per heavy atom. The van der Waals surface area contributed by atoms with Crippen LogP contribution in [0.5, 0.6) is 0 Å². The van der Waals surface area contributed by atoms with Crippen molar-refractivity contribution in [2.75, 3.05) is 35.6 Å². The second-order valence-corrected chi connectivity index (χ2v) is 5.92. The van der Waals surface area contributed by atoms with Crippen molar-refractivity contribution in [3.8, 4) is 0 Å². The molecule has 0 spiro atoms. The molecule has 0 aromatic heterocycles. The van der Waals surface area contributed by atoms with Crippen LogP contribution in [-0.2, 0) is 9.53 Å². The molecule has 1 heterocycles. The maximum atomic E-state index is 12.0. The van der Waals surface area contributed by atoms with Gasteiger partial charge in [-0.25, -0.2) is 9.59 Å². The van der Waals surface area contributed by atoms with Crippen molar-refractivity contribution < 1.29 is 19.1 Å². The summed E-state index contributed by atoms with van der Waals surface area (Å²) in [7, 11) is 0. The van der Waals surface area contributed by atoms with E-state index < -0.39 is 0 Å². The number of para-hydroxylation sites is 1. The monoisotopic (exact) mass is 368 g/mol. The number of amides is 4. The normalized spacial score (nSPS) is 13.0. The highest BCUT2D eigenvalue weighted by Crippen LogP contribution is 2.15. The number of cyclic esters (lactones) is 1. The number of benzene rings is 2. The second-order valence-electron chi connectivity index (χ2n) is 5.92. The highest BCUT2D eigenvalue weighted by Gasteiger charge is 2.22. The summed E-state index contributed by atoms with van der Waals surface area (Å²) in [5.41, 5.74) is 1.90. The molecular weight excluding hydrogens is 348 g/mol. The SMILES string of the molecule is O=C(CCN1CCOC1=O)Nc1ccc(NC(=O)Nc2ccccc2)cc1.